The second-order valence-corrected chi connectivity index (χ2v) is 8.29. The van der Waals surface area contributed by atoms with E-state index in [4.69, 9.17) is 0 Å². The first kappa shape index (κ1) is 18.7. The predicted molar refractivity (Wildman–Crippen MR) is 77.9 cm³/mol. The summed E-state index contributed by atoms with van der Waals surface area (Å²) in [6.45, 7) is 2.47. The summed E-state index contributed by atoms with van der Waals surface area (Å²) in [7, 11) is -3.06. The average molecular weight is 329 g/mol. The summed E-state index contributed by atoms with van der Waals surface area (Å²) in [4.78, 5) is 0. The van der Waals surface area contributed by atoms with E-state index in [1.807, 2.05) is 6.92 Å². The molecule has 0 aromatic carbocycles. The third kappa shape index (κ3) is 6.55. The lowest BCUT2D eigenvalue weighted by Crippen LogP contribution is -2.45. The molecule has 1 N–H and O–H groups in total. The summed E-state index contributed by atoms with van der Waals surface area (Å²) in [6, 6.07) is -0.247. The van der Waals surface area contributed by atoms with Crippen LogP contribution in [0.15, 0.2) is 0 Å². The Labute approximate surface area is 125 Å². The molecule has 0 saturated heterocycles. The molecule has 0 aromatic rings. The summed E-state index contributed by atoms with van der Waals surface area (Å²) in [5, 5.41) is 3.15. The SMILES string of the molecule is CCNC(CCCS(C)(=O)=O)C1CCCCC1C(F)(F)F. The highest BCUT2D eigenvalue weighted by Gasteiger charge is 2.47. The Hall–Kier alpha value is -0.300. The highest BCUT2D eigenvalue weighted by Crippen LogP contribution is 2.43. The highest BCUT2D eigenvalue weighted by atomic mass is 32.2. The van der Waals surface area contributed by atoms with Crippen LogP contribution in [0.3, 0.4) is 0 Å². The Morgan fingerprint density at radius 2 is 1.86 bits per heavy atom. The molecule has 0 aromatic heterocycles. The zero-order chi connectivity index (χ0) is 16.1. The fourth-order valence-corrected chi connectivity index (χ4v) is 4.03. The predicted octanol–water partition coefficient (Wildman–Crippen LogP) is 3.16. The molecule has 0 bridgehead atoms. The Bertz CT molecular complexity index is 409. The van der Waals surface area contributed by atoms with Crippen molar-refractivity contribution >= 4 is 9.84 Å². The van der Waals surface area contributed by atoms with Crippen LogP contribution in [-0.2, 0) is 9.84 Å². The first-order valence-corrected chi connectivity index (χ1v) is 9.69. The Morgan fingerprint density at radius 1 is 1.24 bits per heavy atom. The van der Waals surface area contributed by atoms with Crippen LogP contribution in [0.5, 0.6) is 0 Å². The van der Waals surface area contributed by atoms with Crippen LogP contribution in [-0.4, -0.2) is 39.2 Å². The smallest absolute Gasteiger partial charge is 0.314 e. The molecule has 1 aliphatic rings. The molecule has 3 unspecified atom stereocenters. The number of hydrogen-bond donors (Lipinski definition) is 1. The van der Waals surface area contributed by atoms with Crippen LogP contribution in [0.4, 0.5) is 13.2 Å². The van der Waals surface area contributed by atoms with Crippen molar-refractivity contribution in [2.24, 2.45) is 11.8 Å². The molecule has 3 atom stereocenters. The van der Waals surface area contributed by atoms with Crippen molar-refractivity contribution in [3.8, 4) is 0 Å². The van der Waals surface area contributed by atoms with Gasteiger partial charge in [0.05, 0.1) is 5.92 Å². The Morgan fingerprint density at radius 3 is 2.38 bits per heavy atom. The number of rotatable bonds is 7. The molecule has 1 saturated carbocycles. The third-order valence-corrected chi connectivity index (χ3v) is 5.28. The summed E-state index contributed by atoms with van der Waals surface area (Å²) in [5.74, 6) is -1.65. The summed E-state index contributed by atoms with van der Waals surface area (Å²) in [6.07, 6.45) is 0.122. The first-order chi connectivity index (χ1) is 9.65. The number of alkyl halides is 3. The van der Waals surface area contributed by atoms with Crippen LogP contribution >= 0.6 is 0 Å². The summed E-state index contributed by atoms with van der Waals surface area (Å²) >= 11 is 0. The Kier molecular flexibility index (Phi) is 6.97. The van der Waals surface area contributed by atoms with Crippen molar-refractivity contribution in [2.75, 3.05) is 18.6 Å². The van der Waals surface area contributed by atoms with Gasteiger partial charge in [-0.15, -0.1) is 0 Å². The maximum absolute atomic E-state index is 13.2. The van der Waals surface area contributed by atoms with E-state index >= 15 is 0 Å². The van der Waals surface area contributed by atoms with Crippen LogP contribution in [0, 0.1) is 11.8 Å². The van der Waals surface area contributed by atoms with Gasteiger partial charge in [-0.25, -0.2) is 8.42 Å². The van der Waals surface area contributed by atoms with Crippen LogP contribution in [0.2, 0.25) is 0 Å². The average Bonchev–Trinajstić information content (AvgIpc) is 2.35. The minimum atomic E-state index is -4.16. The molecule has 0 aliphatic heterocycles. The molecule has 7 heteroatoms. The third-order valence-electron chi connectivity index (χ3n) is 4.25. The molecule has 0 spiro atoms. The fourth-order valence-electron chi connectivity index (χ4n) is 3.34. The lowest BCUT2D eigenvalue weighted by atomic mass is 9.73. The number of halogens is 3. The van der Waals surface area contributed by atoms with Gasteiger partial charge in [-0.2, -0.15) is 13.2 Å². The minimum Gasteiger partial charge on any atom is -0.314 e. The summed E-state index contributed by atoms with van der Waals surface area (Å²) < 4.78 is 61.9. The number of nitrogens with one attached hydrogen (secondary N) is 1. The van der Waals surface area contributed by atoms with E-state index in [-0.39, 0.29) is 18.2 Å². The topological polar surface area (TPSA) is 46.2 Å². The van der Waals surface area contributed by atoms with Crippen molar-refractivity contribution < 1.29 is 21.6 Å². The maximum atomic E-state index is 13.2. The largest absolute Gasteiger partial charge is 0.392 e. The van der Waals surface area contributed by atoms with E-state index in [2.05, 4.69) is 5.32 Å². The van der Waals surface area contributed by atoms with Crippen LogP contribution < -0.4 is 5.32 Å². The van der Waals surface area contributed by atoms with Gasteiger partial charge in [-0.05, 0) is 38.1 Å². The van der Waals surface area contributed by atoms with E-state index in [9.17, 15) is 21.6 Å². The maximum Gasteiger partial charge on any atom is 0.392 e. The zero-order valence-corrected chi connectivity index (χ0v) is 13.6. The molecule has 0 heterocycles. The zero-order valence-electron chi connectivity index (χ0n) is 12.7. The molecular weight excluding hydrogens is 303 g/mol. The van der Waals surface area contributed by atoms with Gasteiger partial charge in [0.25, 0.3) is 0 Å². The van der Waals surface area contributed by atoms with Gasteiger partial charge in [0.15, 0.2) is 0 Å². The van der Waals surface area contributed by atoms with Gasteiger partial charge in [0, 0.05) is 18.1 Å². The standard InChI is InChI=1S/C14H26F3NO2S/c1-3-18-13(9-6-10-21(2,19)20)11-7-4-5-8-12(11)14(15,16)17/h11-13,18H,3-10H2,1-2H3. The van der Waals surface area contributed by atoms with E-state index in [0.717, 1.165) is 12.7 Å². The molecule has 0 radical (unpaired) electrons. The monoisotopic (exact) mass is 329 g/mol. The van der Waals surface area contributed by atoms with E-state index < -0.39 is 27.8 Å². The van der Waals surface area contributed by atoms with Gasteiger partial charge < -0.3 is 5.32 Å². The van der Waals surface area contributed by atoms with Gasteiger partial charge in [0.2, 0.25) is 0 Å². The second-order valence-electron chi connectivity index (χ2n) is 6.03. The minimum absolute atomic E-state index is 0.0400. The summed E-state index contributed by atoms with van der Waals surface area (Å²) in [5.41, 5.74) is 0. The van der Waals surface area contributed by atoms with Crippen molar-refractivity contribution in [1.82, 2.24) is 5.32 Å². The normalized spacial score (nSPS) is 25.8. The second kappa shape index (κ2) is 7.81. The van der Waals surface area contributed by atoms with Crippen molar-refractivity contribution in [3.05, 3.63) is 0 Å². The highest BCUT2D eigenvalue weighted by molar-refractivity contribution is 7.90. The van der Waals surface area contributed by atoms with Crippen LogP contribution in [0.25, 0.3) is 0 Å². The molecule has 126 valence electrons. The van der Waals surface area contributed by atoms with E-state index in [1.165, 1.54) is 0 Å². The molecule has 1 fully saturated rings. The van der Waals surface area contributed by atoms with E-state index in [1.54, 1.807) is 0 Å². The lowest BCUT2D eigenvalue weighted by Gasteiger charge is -2.38. The molecule has 3 nitrogen and oxygen atoms in total. The molecule has 21 heavy (non-hydrogen) atoms. The molecule has 1 rings (SSSR count). The Balaban J connectivity index is 2.71. The van der Waals surface area contributed by atoms with Crippen molar-refractivity contribution in [1.29, 1.82) is 0 Å². The lowest BCUT2D eigenvalue weighted by molar-refractivity contribution is -0.199. The van der Waals surface area contributed by atoms with Gasteiger partial charge >= 0.3 is 6.18 Å². The number of hydrogen-bond acceptors (Lipinski definition) is 3. The quantitative estimate of drug-likeness (QED) is 0.780. The van der Waals surface area contributed by atoms with E-state index in [0.29, 0.717) is 32.2 Å². The van der Waals surface area contributed by atoms with Gasteiger partial charge in [0.1, 0.15) is 9.84 Å². The first-order valence-electron chi connectivity index (χ1n) is 7.63. The van der Waals surface area contributed by atoms with Crippen molar-refractivity contribution in [2.45, 2.75) is 57.7 Å². The fraction of sp³-hybridized carbons (Fsp3) is 1.00. The number of sulfone groups is 1. The van der Waals surface area contributed by atoms with Crippen molar-refractivity contribution in [3.63, 3.8) is 0 Å². The molecule has 1 aliphatic carbocycles. The van der Waals surface area contributed by atoms with Crippen LogP contribution in [0.1, 0.15) is 45.4 Å². The molecular formula is C14H26F3NO2S. The van der Waals surface area contributed by atoms with Gasteiger partial charge in [-0.3, -0.25) is 0 Å². The van der Waals surface area contributed by atoms with Gasteiger partial charge in [-0.1, -0.05) is 19.8 Å². The molecule has 0 amide bonds.